The predicted octanol–water partition coefficient (Wildman–Crippen LogP) is 2.81. The molecule has 2 fully saturated rings. The van der Waals surface area contributed by atoms with E-state index in [9.17, 15) is 33.6 Å². The van der Waals surface area contributed by atoms with Crippen molar-refractivity contribution in [2.24, 2.45) is 22.7 Å². The number of terminal acetylenes is 1. The average molecular weight is 717 g/mol. The molecule has 6 atom stereocenters. The van der Waals surface area contributed by atoms with Crippen LogP contribution in [0, 0.1) is 35.0 Å². The van der Waals surface area contributed by atoms with E-state index >= 15 is 0 Å². The maximum atomic E-state index is 14.5. The molecule has 1 aromatic carbocycles. The minimum absolute atomic E-state index is 0.0410. The molecular weight excluding hydrogens is 664 g/mol. The third-order valence-electron chi connectivity index (χ3n) is 10.3. The first-order valence-electron chi connectivity index (χ1n) is 17.9. The van der Waals surface area contributed by atoms with Gasteiger partial charge in [-0.05, 0) is 54.1 Å². The van der Waals surface area contributed by atoms with Gasteiger partial charge in [0, 0.05) is 19.5 Å². The van der Waals surface area contributed by atoms with E-state index in [1.54, 1.807) is 45.0 Å². The molecule has 0 bridgehead atoms. The van der Waals surface area contributed by atoms with Crippen LogP contribution in [0.4, 0.5) is 4.79 Å². The van der Waals surface area contributed by atoms with Crippen LogP contribution in [0.5, 0.6) is 0 Å². The Morgan fingerprint density at radius 1 is 0.962 bits per heavy atom. The van der Waals surface area contributed by atoms with Gasteiger partial charge < -0.3 is 26.2 Å². The number of amides is 7. The number of likely N-dealkylation sites (tertiary alicyclic amines) is 1. The van der Waals surface area contributed by atoms with Crippen molar-refractivity contribution < 1.29 is 33.6 Å². The summed E-state index contributed by atoms with van der Waals surface area (Å²) in [4.78, 5) is 96.8. The van der Waals surface area contributed by atoms with Gasteiger partial charge in [0.2, 0.25) is 17.6 Å². The number of rotatable bonds is 13. The number of ketones is 1. The molecule has 2 aliphatic heterocycles. The van der Waals surface area contributed by atoms with Crippen molar-refractivity contribution in [3.63, 3.8) is 0 Å². The predicted molar refractivity (Wildman–Crippen MR) is 195 cm³/mol. The highest BCUT2D eigenvalue weighted by atomic mass is 16.2. The number of imide groups is 1. The highest BCUT2D eigenvalue weighted by molar-refractivity contribution is 6.38. The van der Waals surface area contributed by atoms with Crippen LogP contribution in [0.1, 0.15) is 94.4 Å². The molecule has 280 valence electrons. The summed E-state index contributed by atoms with van der Waals surface area (Å²) in [5, 5.41) is 10.9. The lowest BCUT2D eigenvalue weighted by Gasteiger charge is -2.38. The molecule has 0 aromatic heterocycles. The number of carbonyl (C=O) groups is 7. The first kappa shape index (κ1) is 39.8. The Hall–Kier alpha value is -4.99. The molecule has 1 saturated heterocycles. The number of nitrogens with zero attached hydrogens (tertiary/aromatic N) is 2. The quantitative estimate of drug-likeness (QED) is 0.105. The smallest absolute Gasteiger partial charge is 0.315 e. The van der Waals surface area contributed by atoms with Crippen molar-refractivity contribution >= 4 is 41.4 Å². The van der Waals surface area contributed by atoms with Gasteiger partial charge in [-0.2, -0.15) is 0 Å². The van der Waals surface area contributed by atoms with Crippen LogP contribution in [0.25, 0.3) is 0 Å². The normalized spacial score (nSPS) is 21.3. The molecule has 13 heteroatoms. The zero-order valence-corrected chi connectivity index (χ0v) is 31.0. The van der Waals surface area contributed by atoms with Gasteiger partial charge in [-0.25, -0.2) is 4.79 Å². The summed E-state index contributed by atoms with van der Waals surface area (Å²) in [7, 11) is 0. The molecule has 7 amide bonds. The van der Waals surface area contributed by atoms with Gasteiger partial charge in [0.1, 0.15) is 12.1 Å². The highest BCUT2D eigenvalue weighted by Gasteiger charge is 2.52. The Labute approximate surface area is 306 Å². The van der Waals surface area contributed by atoms with Gasteiger partial charge in [0.15, 0.2) is 0 Å². The van der Waals surface area contributed by atoms with Gasteiger partial charge in [-0.3, -0.25) is 33.7 Å². The van der Waals surface area contributed by atoms with Crippen molar-refractivity contribution in [1.82, 2.24) is 31.1 Å². The summed E-state index contributed by atoms with van der Waals surface area (Å²) < 4.78 is 0. The number of benzene rings is 1. The second kappa shape index (κ2) is 16.1. The van der Waals surface area contributed by atoms with E-state index in [-0.39, 0.29) is 37.8 Å². The first-order chi connectivity index (χ1) is 24.4. The van der Waals surface area contributed by atoms with Gasteiger partial charge >= 0.3 is 6.03 Å². The molecule has 3 aliphatic rings. The standard InChI is InChI=1S/C39H52N6O7/c1-9-11-19-27(30(46)33(48)40-20-10-2)41-32(47)29-24-18-14-15-23(24)21-44(29)36(51)31(39(6,7)8)43-37(52)42-28(38(3,4)5)22-45-34(49)25-16-12-13-17-26(25)35(45)50/h1,10,12-13,16-17,23-24,27-29,31H,2,11,14-15,18-22H2,3-8H3,(H,40,48)(H,41,47)(H2,42,43,52)/t23-,24-,27?,28+,29-,31+/m0/s1. The van der Waals surface area contributed by atoms with Gasteiger partial charge in [0.25, 0.3) is 17.7 Å². The molecule has 1 saturated carbocycles. The molecular formula is C39H52N6O7. The van der Waals surface area contributed by atoms with Crippen molar-refractivity contribution in [3.8, 4) is 12.3 Å². The van der Waals surface area contributed by atoms with Gasteiger partial charge in [-0.1, -0.05) is 66.2 Å². The molecule has 0 spiro atoms. The first-order valence-corrected chi connectivity index (χ1v) is 17.9. The van der Waals surface area contributed by atoms with E-state index in [0.29, 0.717) is 24.1 Å². The fraction of sp³-hybridized carbons (Fsp3) is 0.564. The Bertz CT molecular complexity index is 1620. The molecule has 4 N–H and O–H groups in total. The highest BCUT2D eigenvalue weighted by Crippen LogP contribution is 2.43. The largest absolute Gasteiger partial charge is 0.346 e. The van der Waals surface area contributed by atoms with E-state index in [2.05, 4.69) is 33.8 Å². The average Bonchev–Trinajstić information content (AvgIpc) is 3.75. The lowest BCUT2D eigenvalue weighted by atomic mass is 9.85. The van der Waals surface area contributed by atoms with Crippen LogP contribution >= 0.6 is 0 Å². The van der Waals surface area contributed by atoms with Crippen molar-refractivity contribution in [1.29, 1.82) is 0 Å². The van der Waals surface area contributed by atoms with E-state index < -0.39 is 76.3 Å². The zero-order chi connectivity index (χ0) is 38.5. The number of hydrogen-bond acceptors (Lipinski definition) is 7. The van der Waals surface area contributed by atoms with Crippen molar-refractivity contribution in [2.45, 2.75) is 97.8 Å². The van der Waals surface area contributed by atoms with Crippen LogP contribution in [-0.4, -0.2) is 95.0 Å². The van der Waals surface area contributed by atoms with Crippen molar-refractivity contribution in [2.75, 3.05) is 19.6 Å². The lowest BCUT2D eigenvalue weighted by Crippen LogP contribution is -2.62. The second-order valence-corrected chi connectivity index (χ2v) is 16.1. The summed E-state index contributed by atoms with van der Waals surface area (Å²) in [5.41, 5.74) is -0.791. The minimum Gasteiger partial charge on any atom is -0.346 e. The summed E-state index contributed by atoms with van der Waals surface area (Å²) in [6.07, 6.45) is 9.46. The van der Waals surface area contributed by atoms with Gasteiger partial charge in [0.05, 0.1) is 29.8 Å². The van der Waals surface area contributed by atoms with E-state index in [1.807, 2.05) is 20.8 Å². The Morgan fingerprint density at radius 3 is 2.15 bits per heavy atom. The van der Waals surface area contributed by atoms with Gasteiger partial charge in [-0.15, -0.1) is 18.9 Å². The minimum atomic E-state index is -1.19. The van der Waals surface area contributed by atoms with E-state index in [4.69, 9.17) is 6.42 Å². The van der Waals surface area contributed by atoms with Crippen LogP contribution in [0.3, 0.4) is 0 Å². The van der Waals surface area contributed by atoms with Crippen LogP contribution in [-0.2, 0) is 19.2 Å². The number of hydrogen-bond donors (Lipinski definition) is 4. The third-order valence-corrected chi connectivity index (χ3v) is 10.3. The summed E-state index contributed by atoms with van der Waals surface area (Å²) >= 11 is 0. The topological polar surface area (TPSA) is 174 Å². The Balaban J connectivity index is 1.54. The maximum absolute atomic E-state index is 14.5. The Morgan fingerprint density at radius 2 is 1.60 bits per heavy atom. The molecule has 0 radical (unpaired) electrons. The zero-order valence-electron chi connectivity index (χ0n) is 31.0. The molecule has 4 rings (SSSR count). The van der Waals surface area contributed by atoms with Crippen LogP contribution in [0.15, 0.2) is 36.9 Å². The molecule has 1 unspecified atom stereocenters. The molecule has 13 nitrogen and oxygen atoms in total. The second-order valence-electron chi connectivity index (χ2n) is 16.1. The van der Waals surface area contributed by atoms with E-state index in [0.717, 1.165) is 17.7 Å². The Kier molecular flexibility index (Phi) is 12.3. The number of fused-ring (bicyclic) bond motifs is 2. The number of carbonyl (C=O) groups excluding carboxylic acids is 7. The number of nitrogens with one attached hydrogen (secondary N) is 4. The summed E-state index contributed by atoms with van der Waals surface area (Å²) in [5.74, 6) is -1.28. The van der Waals surface area contributed by atoms with Crippen molar-refractivity contribution in [3.05, 3.63) is 48.0 Å². The monoisotopic (exact) mass is 716 g/mol. The molecule has 1 aliphatic carbocycles. The number of urea groups is 1. The molecule has 2 heterocycles. The van der Waals surface area contributed by atoms with Crippen LogP contribution in [0.2, 0.25) is 0 Å². The molecule has 52 heavy (non-hydrogen) atoms. The maximum Gasteiger partial charge on any atom is 0.315 e. The molecule has 1 aromatic rings. The summed E-state index contributed by atoms with van der Waals surface area (Å²) in [6.45, 7) is 14.9. The lowest BCUT2D eigenvalue weighted by molar-refractivity contribution is -0.144. The van der Waals surface area contributed by atoms with E-state index in [1.165, 1.54) is 11.0 Å². The fourth-order valence-electron chi connectivity index (χ4n) is 7.30. The van der Waals surface area contributed by atoms with Crippen LogP contribution < -0.4 is 21.3 Å². The summed E-state index contributed by atoms with van der Waals surface area (Å²) in [6, 6.07) is 2.01. The SMILES string of the molecule is C#CCCC(NC(=O)[C@@H]1[C@H]2CCC[C@H]2CN1C(=O)[C@@H](NC(=O)N[C@H](CN1C(=O)c2ccccc2C1=O)C(C)(C)C)C(C)(C)C)C(=O)C(=O)NCC=C. The third kappa shape index (κ3) is 8.72. The fourth-order valence-corrected chi connectivity index (χ4v) is 7.30. The number of Topliss-reactive ketones (excluding diaryl/α,β-unsaturated/α-hetero) is 1.